The molecule has 0 amide bonds. The third-order valence-corrected chi connectivity index (χ3v) is 5.27. The molecule has 1 fully saturated rings. The van der Waals surface area contributed by atoms with Crippen LogP contribution in [0.2, 0.25) is 0 Å². The van der Waals surface area contributed by atoms with Gasteiger partial charge in [0.1, 0.15) is 0 Å². The van der Waals surface area contributed by atoms with Crippen molar-refractivity contribution in [3.8, 4) is 0 Å². The van der Waals surface area contributed by atoms with Gasteiger partial charge in [0.25, 0.3) is 0 Å². The van der Waals surface area contributed by atoms with Crippen molar-refractivity contribution in [2.75, 3.05) is 18.9 Å². The van der Waals surface area contributed by atoms with Crippen LogP contribution in [0.4, 0.5) is 0 Å². The molecule has 0 aromatic rings. The molecular weight excluding hydrogens is 264 g/mol. The Morgan fingerprint density at radius 1 is 1.37 bits per heavy atom. The number of rotatable bonds is 8. The van der Waals surface area contributed by atoms with E-state index >= 15 is 0 Å². The van der Waals surface area contributed by atoms with Crippen LogP contribution >= 0.6 is 0 Å². The molecule has 0 aromatic heterocycles. The molecule has 0 spiro atoms. The fraction of sp³-hybridized carbons (Fsp3) is 1.00. The van der Waals surface area contributed by atoms with Gasteiger partial charge in [-0.25, -0.2) is 13.1 Å². The summed E-state index contributed by atoms with van der Waals surface area (Å²) >= 11 is 0. The van der Waals surface area contributed by atoms with E-state index in [0.29, 0.717) is 19.1 Å². The number of hydrogen-bond acceptors (Lipinski definition) is 4. The third-order valence-electron chi connectivity index (χ3n) is 3.67. The molecule has 6 heteroatoms. The van der Waals surface area contributed by atoms with E-state index in [1.165, 1.54) is 0 Å². The third kappa shape index (κ3) is 5.77. The van der Waals surface area contributed by atoms with Crippen LogP contribution in [0.3, 0.4) is 0 Å². The van der Waals surface area contributed by atoms with Gasteiger partial charge in [-0.15, -0.1) is 0 Å². The molecule has 2 unspecified atom stereocenters. The molecule has 1 rings (SSSR count). The van der Waals surface area contributed by atoms with Crippen LogP contribution in [0.15, 0.2) is 0 Å². The molecule has 1 aliphatic rings. The van der Waals surface area contributed by atoms with E-state index in [0.717, 1.165) is 19.4 Å². The maximum atomic E-state index is 12.0. The lowest BCUT2D eigenvalue weighted by atomic mass is 9.97. The van der Waals surface area contributed by atoms with Crippen LogP contribution in [-0.4, -0.2) is 45.0 Å². The summed E-state index contributed by atoms with van der Waals surface area (Å²) in [5.74, 6) is 0.190. The van der Waals surface area contributed by atoms with Crippen molar-refractivity contribution < 1.29 is 13.2 Å². The average molecular weight is 292 g/mol. The SMILES string of the molecule is CC(C)NCCCCS(=O)(=O)NC1(C)CCOC1C. The van der Waals surface area contributed by atoms with Gasteiger partial charge in [0.05, 0.1) is 17.4 Å². The summed E-state index contributed by atoms with van der Waals surface area (Å²) in [5.41, 5.74) is -0.449. The number of unbranched alkanes of at least 4 members (excludes halogenated alkanes) is 1. The van der Waals surface area contributed by atoms with Crippen LogP contribution in [0, 0.1) is 0 Å². The Morgan fingerprint density at radius 3 is 2.58 bits per heavy atom. The predicted molar refractivity (Wildman–Crippen MR) is 77.7 cm³/mol. The normalized spacial score (nSPS) is 28.2. The van der Waals surface area contributed by atoms with Crippen LogP contribution < -0.4 is 10.0 Å². The Bertz CT molecular complexity index is 370. The Morgan fingerprint density at radius 2 is 2.05 bits per heavy atom. The molecule has 1 saturated heterocycles. The highest BCUT2D eigenvalue weighted by Gasteiger charge is 2.39. The Kier molecular flexibility index (Phi) is 6.23. The molecule has 0 radical (unpaired) electrons. The lowest BCUT2D eigenvalue weighted by molar-refractivity contribution is 0.0957. The second kappa shape index (κ2) is 7.02. The highest BCUT2D eigenvalue weighted by Crippen LogP contribution is 2.26. The second-order valence-electron chi connectivity index (χ2n) is 5.92. The van der Waals surface area contributed by atoms with Gasteiger partial charge in [-0.2, -0.15) is 0 Å². The van der Waals surface area contributed by atoms with Crippen molar-refractivity contribution in [1.82, 2.24) is 10.0 Å². The van der Waals surface area contributed by atoms with Gasteiger partial charge in [-0.1, -0.05) is 13.8 Å². The Balaban J connectivity index is 2.32. The summed E-state index contributed by atoms with van der Waals surface area (Å²) in [7, 11) is -3.21. The lowest BCUT2D eigenvalue weighted by Crippen LogP contribution is -2.51. The minimum atomic E-state index is -3.21. The van der Waals surface area contributed by atoms with E-state index < -0.39 is 15.6 Å². The van der Waals surface area contributed by atoms with Crippen molar-refractivity contribution in [3.05, 3.63) is 0 Å². The quantitative estimate of drug-likeness (QED) is 0.661. The summed E-state index contributed by atoms with van der Waals surface area (Å²) in [4.78, 5) is 0. The van der Waals surface area contributed by atoms with Gasteiger partial charge >= 0.3 is 0 Å². The first-order valence-electron chi connectivity index (χ1n) is 7.12. The van der Waals surface area contributed by atoms with Gasteiger partial charge in [0.15, 0.2) is 0 Å². The smallest absolute Gasteiger partial charge is 0.212 e. The first-order chi connectivity index (χ1) is 8.75. The van der Waals surface area contributed by atoms with Crippen LogP contribution in [0.1, 0.15) is 47.0 Å². The summed E-state index contributed by atoms with van der Waals surface area (Å²) in [5, 5.41) is 3.28. The molecule has 1 aliphatic heterocycles. The van der Waals surface area contributed by atoms with Gasteiger partial charge in [-0.05, 0) is 39.7 Å². The van der Waals surface area contributed by atoms with Gasteiger partial charge in [0, 0.05) is 12.6 Å². The molecule has 0 bridgehead atoms. The predicted octanol–water partition coefficient (Wildman–Crippen LogP) is 1.25. The standard InChI is InChI=1S/C13H28N2O3S/c1-11(2)14-8-5-6-10-19(16,17)15-13(4)7-9-18-12(13)3/h11-12,14-15H,5-10H2,1-4H3. The zero-order valence-electron chi connectivity index (χ0n) is 12.5. The van der Waals surface area contributed by atoms with Crippen molar-refractivity contribution in [2.45, 2.75) is 64.6 Å². The molecule has 19 heavy (non-hydrogen) atoms. The molecule has 0 aliphatic carbocycles. The van der Waals surface area contributed by atoms with Crippen molar-refractivity contribution in [2.24, 2.45) is 0 Å². The van der Waals surface area contributed by atoms with E-state index in [9.17, 15) is 8.42 Å². The monoisotopic (exact) mass is 292 g/mol. The second-order valence-corrected chi connectivity index (χ2v) is 7.76. The number of sulfonamides is 1. The van der Waals surface area contributed by atoms with Gasteiger partial charge in [0.2, 0.25) is 10.0 Å². The molecule has 114 valence electrons. The van der Waals surface area contributed by atoms with Crippen LogP contribution in [-0.2, 0) is 14.8 Å². The Labute approximate surface area is 117 Å². The maximum absolute atomic E-state index is 12.0. The van der Waals surface area contributed by atoms with Crippen LogP contribution in [0.25, 0.3) is 0 Å². The van der Waals surface area contributed by atoms with Crippen molar-refractivity contribution in [3.63, 3.8) is 0 Å². The molecular formula is C13H28N2O3S. The average Bonchev–Trinajstić information content (AvgIpc) is 2.56. The molecule has 2 N–H and O–H groups in total. The molecule has 5 nitrogen and oxygen atoms in total. The van der Waals surface area contributed by atoms with E-state index in [1.807, 2.05) is 13.8 Å². The fourth-order valence-electron chi connectivity index (χ4n) is 2.18. The maximum Gasteiger partial charge on any atom is 0.212 e. The van der Waals surface area contributed by atoms with Gasteiger partial charge < -0.3 is 10.1 Å². The van der Waals surface area contributed by atoms with Crippen molar-refractivity contribution >= 4 is 10.0 Å². The first kappa shape index (κ1) is 16.9. The van der Waals surface area contributed by atoms with Crippen LogP contribution in [0.5, 0.6) is 0 Å². The van der Waals surface area contributed by atoms with E-state index in [2.05, 4.69) is 23.9 Å². The van der Waals surface area contributed by atoms with E-state index in [-0.39, 0.29) is 11.9 Å². The van der Waals surface area contributed by atoms with Gasteiger partial charge in [-0.3, -0.25) is 0 Å². The van der Waals surface area contributed by atoms with E-state index in [4.69, 9.17) is 4.74 Å². The number of ether oxygens (including phenoxy) is 1. The zero-order chi connectivity index (χ0) is 14.5. The number of nitrogens with one attached hydrogen (secondary N) is 2. The largest absolute Gasteiger partial charge is 0.376 e. The Hall–Kier alpha value is -0.170. The summed E-state index contributed by atoms with van der Waals surface area (Å²) in [6, 6.07) is 0.449. The topological polar surface area (TPSA) is 67.4 Å². The molecule has 1 heterocycles. The number of hydrogen-bond donors (Lipinski definition) is 2. The summed E-state index contributed by atoms with van der Waals surface area (Å²) in [6.45, 7) is 9.49. The summed E-state index contributed by atoms with van der Waals surface area (Å²) in [6.07, 6.45) is 2.23. The molecule has 0 aromatic carbocycles. The minimum absolute atomic E-state index is 0.0649. The molecule has 2 atom stereocenters. The molecule has 0 saturated carbocycles. The fourth-order valence-corrected chi connectivity index (χ4v) is 3.85. The summed E-state index contributed by atoms with van der Waals surface area (Å²) < 4.78 is 32.3. The lowest BCUT2D eigenvalue weighted by Gasteiger charge is -2.28. The highest BCUT2D eigenvalue weighted by atomic mass is 32.2. The van der Waals surface area contributed by atoms with Crippen molar-refractivity contribution in [1.29, 1.82) is 0 Å². The minimum Gasteiger partial charge on any atom is -0.376 e. The highest BCUT2D eigenvalue weighted by molar-refractivity contribution is 7.89. The first-order valence-corrected chi connectivity index (χ1v) is 8.77. The van der Waals surface area contributed by atoms with E-state index in [1.54, 1.807) is 0 Å². The zero-order valence-corrected chi connectivity index (χ0v) is 13.3.